The van der Waals surface area contributed by atoms with E-state index in [4.69, 9.17) is 4.74 Å². The van der Waals surface area contributed by atoms with Gasteiger partial charge in [0.2, 0.25) is 5.91 Å². The normalized spacial score (nSPS) is 13.4. The number of aryl methyl sites for hydroxylation is 2. The maximum atomic E-state index is 13.2. The van der Waals surface area contributed by atoms with E-state index in [0.29, 0.717) is 55.0 Å². The number of aromatic nitrogens is 2. The van der Waals surface area contributed by atoms with E-state index in [1.54, 1.807) is 25.1 Å². The Labute approximate surface area is 204 Å². The van der Waals surface area contributed by atoms with E-state index in [9.17, 15) is 19.6 Å². The third kappa shape index (κ3) is 5.81. The fourth-order valence-corrected chi connectivity index (χ4v) is 4.09. The Balaban J connectivity index is 1.87. The number of nitrogens with zero attached hydrogens (tertiary/aromatic N) is 5. The van der Waals surface area contributed by atoms with Crippen LogP contribution in [0.3, 0.4) is 0 Å². The smallest absolute Gasteiger partial charge is 0.328 e. The number of hydrogen-bond acceptors (Lipinski definition) is 7. The van der Waals surface area contributed by atoms with Crippen molar-refractivity contribution in [1.29, 1.82) is 5.26 Å². The molecule has 1 unspecified atom stereocenters. The minimum Gasteiger partial charge on any atom is -0.385 e. The second-order valence-electron chi connectivity index (χ2n) is 8.49. The molecule has 10 heteroatoms. The molecule has 0 fully saturated rings. The van der Waals surface area contributed by atoms with Crippen molar-refractivity contribution in [1.82, 2.24) is 14.9 Å². The first-order valence-corrected chi connectivity index (χ1v) is 11.5. The van der Waals surface area contributed by atoms with Crippen LogP contribution in [0, 0.1) is 11.3 Å². The van der Waals surface area contributed by atoms with E-state index in [1.165, 1.54) is 18.0 Å². The van der Waals surface area contributed by atoms with Crippen LogP contribution >= 0.6 is 0 Å². The van der Waals surface area contributed by atoms with Crippen LogP contribution in [0.1, 0.15) is 65.5 Å². The number of nitriles is 1. The van der Waals surface area contributed by atoms with E-state index < -0.39 is 6.03 Å². The Morgan fingerprint density at radius 1 is 1.40 bits per heavy atom. The summed E-state index contributed by atoms with van der Waals surface area (Å²) < 4.78 is 5.09. The number of hydrogen-bond donors (Lipinski definition) is 1. The van der Waals surface area contributed by atoms with Crippen molar-refractivity contribution in [2.75, 3.05) is 37.5 Å². The molecule has 10 nitrogen and oxygen atoms in total. The van der Waals surface area contributed by atoms with Gasteiger partial charge in [0.05, 0.1) is 11.6 Å². The highest BCUT2D eigenvalue weighted by molar-refractivity contribution is 6.01. The first kappa shape index (κ1) is 25.8. The minimum atomic E-state index is -0.419. The molecule has 0 saturated carbocycles. The van der Waals surface area contributed by atoms with Gasteiger partial charge in [-0.25, -0.2) is 14.8 Å². The number of rotatable bonds is 8. The number of anilines is 2. The van der Waals surface area contributed by atoms with Crippen molar-refractivity contribution < 1.29 is 19.1 Å². The number of amides is 3. The lowest BCUT2D eigenvalue weighted by molar-refractivity contribution is -0.129. The van der Waals surface area contributed by atoms with Crippen molar-refractivity contribution in [3.63, 3.8) is 0 Å². The Morgan fingerprint density at radius 2 is 2.17 bits per heavy atom. The molecule has 1 atom stereocenters. The van der Waals surface area contributed by atoms with Crippen LogP contribution in [0.25, 0.3) is 0 Å². The number of fused-ring (bicyclic) bond motifs is 1. The zero-order valence-corrected chi connectivity index (χ0v) is 20.5. The van der Waals surface area contributed by atoms with Crippen LogP contribution in [0.4, 0.5) is 16.4 Å². The van der Waals surface area contributed by atoms with Gasteiger partial charge < -0.3 is 9.64 Å². The predicted molar refractivity (Wildman–Crippen MR) is 130 cm³/mol. The maximum absolute atomic E-state index is 13.2. The summed E-state index contributed by atoms with van der Waals surface area (Å²) in [5.74, 6) is 0.633. The quantitative estimate of drug-likeness (QED) is 0.455. The molecule has 0 spiro atoms. The molecule has 3 rings (SSSR count). The van der Waals surface area contributed by atoms with Crippen LogP contribution in [0.2, 0.25) is 0 Å². The Bertz CT molecular complexity index is 1160. The van der Waals surface area contributed by atoms with Crippen molar-refractivity contribution in [2.24, 2.45) is 0 Å². The number of nitrogens with one attached hydrogen (secondary N) is 1. The van der Waals surface area contributed by atoms with Gasteiger partial charge in [-0.1, -0.05) is 0 Å². The number of carbonyl (C=O) groups is 3. The molecule has 3 amide bonds. The number of urea groups is 1. The highest BCUT2D eigenvalue weighted by Crippen LogP contribution is 2.31. The molecule has 0 radical (unpaired) electrons. The van der Waals surface area contributed by atoms with E-state index in [0.717, 1.165) is 24.0 Å². The summed E-state index contributed by atoms with van der Waals surface area (Å²) in [7, 11) is 3.30. The molecule has 2 aromatic rings. The molecule has 3 heterocycles. The number of ether oxygens (including phenoxy) is 1. The maximum Gasteiger partial charge on any atom is 0.328 e. The number of methoxy groups -OCH3 is 1. The highest BCUT2D eigenvalue weighted by atomic mass is 16.5. The Morgan fingerprint density at radius 3 is 2.83 bits per heavy atom. The Kier molecular flexibility index (Phi) is 8.49. The summed E-state index contributed by atoms with van der Waals surface area (Å²) >= 11 is 0. The summed E-state index contributed by atoms with van der Waals surface area (Å²) in [6.45, 7) is 4.30. The van der Waals surface area contributed by atoms with Crippen LogP contribution in [0.15, 0.2) is 18.3 Å². The molecule has 0 aromatic carbocycles. The van der Waals surface area contributed by atoms with Crippen LogP contribution < -0.4 is 10.2 Å². The second kappa shape index (κ2) is 11.5. The first-order chi connectivity index (χ1) is 16.8. The van der Waals surface area contributed by atoms with Gasteiger partial charge in [0.15, 0.2) is 6.29 Å². The van der Waals surface area contributed by atoms with E-state index >= 15 is 0 Å². The lowest BCUT2D eigenvalue weighted by Crippen LogP contribution is -2.40. The van der Waals surface area contributed by atoms with Crippen LogP contribution in [-0.4, -0.2) is 60.4 Å². The largest absolute Gasteiger partial charge is 0.385 e. The average molecular weight is 479 g/mol. The summed E-state index contributed by atoms with van der Waals surface area (Å²) in [5, 5.41) is 12.2. The van der Waals surface area contributed by atoms with Gasteiger partial charge in [-0.3, -0.25) is 19.8 Å². The van der Waals surface area contributed by atoms with Crippen molar-refractivity contribution in [2.45, 2.75) is 45.6 Å². The van der Waals surface area contributed by atoms with E-state index in [-0.39, 0.29) is 17.6 Å². The summed E-state index contributed by atoms with van der Waals surface area (Å²) in [6, 6.07) is 4.93. The molecule has 35 heavy (non-hydrogen) atoms. The summed E-state index contributed by atoms with van der Waals surface area (Å²) in [4.78, 5) is 48.6. The fourth-order valence-electron chi connectivity index (χ4n) is 4.09. The van der Waals surface area contributed by atoms with E-state index in [1.807, 2.05) is 13.0 Å². The second-order valence-corrected chi connectivity index (χ2v) is 8.49. The molecule has 1 aliphatic heterocycles. The lowest BCUT2D eigenvalue weighted by Gasteiger charge is -2.31. The molecular weight excluding hydrogens is 448 g/mol. The lowest BCUT2D eigenvalue weighted by atomic mass is 9.98. The molecule has 184 valence electrons. The van der Waals surface area contributed by atoms with Gasteiger partial charge in [-0.15, -0.1) is 0 Å². The fraction of sp³-hybridized carbons (Fsp3) is 0.440. The topological polar surface area (TPSA) is 129 Å². The highest BCUT2D eigenvalue weighted by Gasteiger charge is 2.28. The minimum absolute atomic E-state index is 0.121. The molecule has 0 aliphatic carbocycles. The standard InChI is InChI=1S/C25H30N6O4/c1-16(30(3)17(2)33)21-11-19-7-5-9-31(24(19)28-22(21)15-32)25(34)29-23-12-18(8-6-10-35-4)20(13-26)14-27-23/h11-12,14-16H,5-10H2,1-4H3,(H,27,29,34). The van der Waals surface area contributed by atoms with E-state index in [2.05, 4.69) is 21.4 Å². The molecular formula is C25H30N6O4. The van der Waals surface area contributed by atoms with Gasteiger partial charge in [-0.05, 0) is 55.9 Å². The van der Waals surface area contributed by atoms with Crippen molar-refractivity contribution in [3.05, 3.63) is 46.3 Å². The third-order valence-electron chi connectivity index (χ3n) is 6.25. The van der Waals surface area contributed by atoms with Gasteiger partial charge in [0, 0.05) is 46.0 Å². The zero-order chi connectivity index (χ0) is 25.5. The molecule has 0 bridgehead atoms. The van der Waals surface area contributed by atoms with Crippen molar-refractivity contribution >= 4 is 29.9 Å². The Hall–Kier alpha value is -3.84. The van der Waals surface area contributed by atoms with Gasteiger partial charge >= 0.3 is 6.03 Å². The van der Waals surface area contributed by atoms with Crippen molar-refractivity contribution in [3.8, 4) is 6.07 Å². The SMILES string of the molecule is COCCCc1cc(NC(=O)N2CCCc3cc(C(C)N(C)C(C)=O)c(C=O)nc32)ncc1C#N. The zero-order valence-electron chi connectivity index (χ0n) is 20.5. The van der Waals surface area contributed by atoms with Gasteiger partial charge in [0.1, 0.15) is 23.4 Å². The molecule has 1 aliphatic rings. The van der Waals surface area contributed by atoms with Crippen LogP contribution in [-0.2, 0) is 22.4 Å². The van der Waals surface area contributed by atoms with Gasteiger partial charge in [0.25, 0.3) is 0 Å². The average Bonchev–Trinajstić information content (AvgIpc) is 2.86. The molecule has 2 aromatic heterocycles. The predicted octanol–water partition coefficient (Wildman–Crippen LogP) is 3.26. The molecule has 1 N–H and O–H groups in total. The number of carbonyl (C=O) groups excluding carboxylic acids is 3. The van der Waals surface area contributed by atoms with Crippen LogP contribution in [0.5, 0.6) is 0 Å². The summed E-state index contributed by atoms with van der Waals surface area (Å²) in [5.41, 5.74) is 2.92. The van der Waals surface area contributed by atoms with Gasteiger partial charge in [-0.2, -0.15) is 5.26 Å². The first-order valence-electron chi connectivity index (χ1n) is 11.5. The number of pyridine rings is 2. The monoisotopic (exact) mass is 478 g/mol. The number of aldehydes is 1. The molecule has 0 saturated heterocycles. The summed E-state index contributed by atoms with van der Waals surface area (Å²) in [6.07, 6.45) is 4.88. The third-order valence-corrected chi connectivity index (χ3v) is 6.25.